The Morgan fingerprint density at radius 2 is 1.89 bits per heavy atom. The largest absolute Gasteiger partial charge is 0.416 e. The van der Waals surface area contributed by atoms with Crippen LogP contribution >= 0.6 is 0 Å². The van der Waals surface area contributed by atoms with Crippen molar-refractivity contribution in [3.05, 3.63) is 48.0 Å². The fourth-order valence-corrected chi connectivity index (χ4v) is 3.24. The highest BCUT2D eigenvalue weighted by Gasteiger charge is 2.30. The Balaban J connectivity index is 0.00000225. The lowest BCUT2D eigenvalue weighted by Gasteiger charge is -2.17. The van der Waals surface area contributed by atoms with Gasteiger partial charge in [0.15, 0.2) is 5.65 Å². The van der Waals surface area contributed by atoms with Crippen LogP contribution in [0.5, 0.6) is 0 Å². The van der Waals surface area contributed by atoms with Gasteiger partial charge >= 0.3 is 6.18 Å². The molecule has 1 aromatic carbocycles. The maximum absolute atomic E-state index is 12.7. The quantitative estimate of drug-likeness (QED) is 0.637. The molecule has 0 amide bonds. The summed E-state index contributed by atoms with van der Waals surface area (Å²) in [7, 11) is 0. The number of alkyl halides is 3. The predicted octanol–water partition coefficient (Wildman–Crippen LogP) is 4.06. The molecule has 1 aliphatic carbocycles. The number of pyridine rings is 1. The number of benzene rings is 1. The minimum Gasteiger partial charge on any atom is -0.391 e. The average Bonchev–Trinajstić information content (AvgIpc) is 3.21. The number of nitrogens with zero attached hydrogens (tertiary/aromatic N) is 3. The molecular weight excluding hydrogens is 359 g/mol. The first-order valence-electron chi connectivity index (χ1n) is 8.65. The van der Waals surface area contributed by atoms with Crippen LogP contribution in [-0.2, 0) is 6.18 Å². The third-order valence-electron chi connectivity index (χ3n) is 4.64. The van der Waals surface area contributed by atoms with E-state index in [4.69, 9.17) is 0 Å². The third-order valence-corrected chi connectivity index (χ3v) is 4.64. The highest BCUT2D eigenvalue weighted by atomic mass is 19.4. The maximum Gasteiger partial charge on any atom is 0.416 e. The average molecular weight is 379 g/mol. The van der Waals surface area contributed by atoms with Crippen LogP contribution in [0, 0.1) is 0 Å². The molecule has 1 fully saturated rings. The molecule has 0 bridgehead atoms. The Bertz CT molecular complexity index is 945. The van der Waals surface area contributed by atoms with Crippen molar-refractivity contribution in [3.8, 4) is 0 Å². The molecule has 144 valence electrons. The van der Waals surface area contributed by atoms with Gasteiger partial charge < -0.3 is 15.7 Å². The number of fused-ring (bicyclic) bond motifs is 1. The molecule has 9 heteroatoms. The second kappa shape index (κ2) is 6.73. The van der Waals surface area contributed by atoms with Crippen LogP contribution in [0.3, 0.4) is 0 Å². The highest BCUT2D eigenvalue weighted by Crippen LogP contribution is 2.30. The van der Waals surface area contributed by atoms with Crippen LogP contribution in [0.1, 0.15) is 26.3 Å². The number of halogens is 3. The molecular formula is C18H20F3N5O. The molecule has 1 aliphatic rings. The number of aliphatic hydroxyl groups is 1. The van der Waals surface area contributed by atoms with Gasteiger partial charge in [-0.25, -0.2) is 0 Å². The Labute approximate surface area is 154 Å². The second-order valence-corrected chi connectivity index (χ2v) is 6.57. The minimum atomic E-state index is -4.37. The molecule has 0 saturated heterocycles. The molecule has 3 N–H and O–H groups in total. The Hall–Kier alpha value is -2.81. The molecule has 2 heterocycles. The van der Waals surface area contributed by atoms with E-state index in [0.29, 0.717) is 17.2 Å². The number of rotatable bonds is 4. The summed E-state index contributed by atoms with van der Waals surface area (Å²) in [5, 5.41) is 20.6. The molecule has 2 atom stereocenters. The molecule has 0 radical (unpaired) electrons. The summed E-state index contributed by atoms with van der Waals surface area (Å²) in [6.45, 7) is 0. The summed E-state index contributed by atoms with van der Waals surface area (Å²) in [5.41, 5.74) is 0.333. The van der Waals surface area contributed by atoms with Crippen molar-refractivity contribution in [1.29, 1.82) is 0 Å². The third kappa shape index (κ3) is 3.68. The molecule has 0 spiro atoms. The van der Waals surface area contributed by atoms with Crippen molar-refractivity contribution in [2.45, 2.75) is 37.6 Å². The van der Waals surface area contributed by atoms with Crippen molar-refractivity contribution in [1.82, 2.24) is 14.6 Å². The predicted molar refractivity (Wildman–Crippen MR) is 97.1 cm³/mol. The molecule has 3 aromatic rings. The van der Waals surface area contributed by atoms with Gasteiger partial charge in [-0.1, -0.05) is 6.07 Å². The second-order valence-electron chi connectivity index (χ2n) is 6.57. The first-order valence-corrected chi connectivity index (χ1v) is 8.65. The lowest BCUT2D eigenvalue weighted by molar-refractivity contribution is -0.137. The summed E-state index contributed by atoms with van der Waals surface area (Å²) in [6.07, 6.45) is -2.15. The van der Waals surface area contributed by atoms with E-state index in [1.807, 2.05) is 12.1 Å². The van der Waals surface area contributed by atoms with E-state index in [-0.39, 0.29) is 13.4 Å². The van der Waals surface area contributed by atoms with Gasteiger partial charge in [0, 0.05) is 7.11 Å². The molecule has 0 aliphatic heterocycles. The summed E-state index contributed by atoms with van der Waals surface area (Å²) in [4.78, 5) is 4.35. The van der Waals surface area contributed by atoms with Crippen molar-refractivity contribution >= 4 is 23.1 Å². The molecule has 2 aromatic heterocycles. The molecule has 1 saturated carbocycles. The van der Waals surface area contributed by atoms with Crippen LogP contribution in [0.15, 0.2) is 42.5 Å². The zero-order valence-electron chi connectivity index (χ0n) is 14.2. The fourth-order valence-electron chi connectivity index (χ4n) is 3.24. The van der Waals surface area contributed by atoms with Crippen LogP contribution in [0.4, 0.5) is 30.6 Å². The number of nitrogens with one attached hydrogen (secondary N) is 2. The molecule has 27 heavy (non-hydrogen) atoms. The van der Waals surface area contributed by atoms with Crippen LogP contribution < -0.4 is 10.6 Å². The number of hydrogen-bond acceptors (Lipinski definition) is 5. The molecule has 4 rings (SSSR count). The van der Waals surface area contributed by atoms with E-state index in [1.54, 1.807) is 10.6 Å². The summed E-state index contributed by atoms with van der Waals surface area (Å²) in [5.74, 6) is 0.974. The lowest BCUT2D eigenvalue weighted by Crippen LogP contribution is -2.28. The number of anilines is 3. The smallest absolute Gasteiger partial charge is 0.391 e. The van der Waals surface area contributed by atoms with Crippen LogP contribution in [0.2, 0.25) is 0 Å². The first-order chi connectivity index (χ1) is 12.9. The van der Waals surface area contributed by atoms with E-state index in [0.717, 1.165) is 31.4 Å². The fraction of sp³-hybridized carbons (Fsp3) is 0.333. The Morgan fingerprint density at radius 3 is 2.56 bits per heavy atom. The summed E-state index contributed by atoms with van der Waals surface area (Å²) >= 11 is 0. The van der Waals surface area contributed by atoms with Gasteiger partial charge in [-0.3, -0.25) is 0 Å². The first kappa shape index (κ1) is 17.6. The topological polar surface area (TPSA) is 74.5 Å². The van der Waals surface area contributed by atoms with E-state index in [1.165, 1.54) is 12.1 Å². The monoisotopic (exact) mass is 379 g/mol. The zero-order chi connectivity index (χ0) is 19.0. The van der Waals surface area contributed by atoms with E-state index in [2.05, 4.69) is 20.7 Å². The summed E-state index contributed by atoms with van der Waals surface area (Å²) in [6, 6.07) is 10.1. The standard InChI is InChI=1S/C18H18F3N5O.H2/c19-18(20,21)11-7-9-12(10-8-11)22-17-24-16-6-2-5-15(26(16)25-17)23-13-3-1-4-14(13)27;/h2,5-10,13-14,23,27H,1,3-4H2,(H,22,25);1H/t13-,14+;/m0./s1. The maximum atomic E-state index is 12.7. The van der Waals surface area contributed by atoms with Gasteiger partial charge in [-0.05, 0) is 55.7 Å². The Morgan fingerprint density at radius 1 is 1.11 bits per heavy atom. The van der Waals surface area contributed by atoms with Crippen molar-refractivity contribution < 1.29 is 19.7 Å². The van der Waals surface area contributed by atoms with Gasteiger partial charge in [0.25, 0.3) is 0 Å². The van der Waals surface area contributed by atoms with Gasteiger partial charge in [0.1, 0.15) is 5.82 Å². The van der Waals surface area contributed by atoms with Crippen LogP contribution in [0.25, 0.3) is 5.65 Å². The Kier molecular flexibility index (Phi) is 4.39. The zero-order valence-corrected chi connectivity index (χ0v) is 14.2. The molecule has 0 unspecified atom stereocenters. The van der Waals surface area contributed by atoms with Gasteiger partial charge in [0.05, 0.1) is 17.7 Å². The lowest BCUT2D eigenvalue weighted by atomic mass is 10.2. The van der Waals surface area contributed by atoms with Crippen molar-refractivity contribution in [2.24, 2.45) is 0 Å². The molecule has 6 nitrogen and oxygen atoms in total. The van der Waals surface area contributed by atoms with Crippen LogP contribution in [-0.4, -0.2) is 31.9 Å². The number of hydrogen-bond donors (Lipinski definition) is 3. The van der Waals surface area contributed by atoms with E-state index < -0.39 is 17.8 Å². The minimum absolute atomic E-state index is 0. The van der Waals surface area contributed by atoms with Gasteiger partial charge in [-0.15, -0.1) is 5.10 Å². The SMILES string of the molecule is O[C@@H]1CCC[C@@H]1Nc1cccc2nc(Nc3ccc(C(F)(F)F)cc3)nn12.[HH]. The van der Waals surface area contributed by atoms with Crippen molar-refractivity contribution in [3.63, 3.8) is 0 Å². The van der Waals surface area contributed by atoms with Gasteiger partial charge in [0.2, 0.25) is 5.95 Å². The number of aromatic nitrogens is 3. The van der Waals surface area contributed by atoms with E-state index >= 15 is 0 Å². The van der Waals surface area contributed by atoms with E-state index in [9.17, 15) is 18.3 Å². The highest BCUT2D eigenvalue weighted by molar-refractivity contribution is 5.58. The van der Waals surface area contributed by atoms with Crippen molar-refractivity contribution in [2.75, 3.05) is 10.6 Å². The normalized spacial score (nSPS) is 20.1. The number of aliphatic hydroxyl groups excluding tert-OH is 1. The summed E-state index contributed by atoms with van der Waals surface area (Å²) < 4.78 is 39.6. The van der Waals surface area contributed by atoms with Gasteiger partial charge in [-0.2, -0.15) is 22.7 Å².